The fraction of sp³-hybridized carbons (Fsp3) is 0.423. The first-order valence-electron chi connectivity index (χ1n) is 12.5. The average molecular weight is 505 g/mol. The van der Waals surface area contributed by atoms with E-state index in [1.165, 1.54) is 6.33 Å². The summed E-state index contributed by atoms with van der Waals surface area (Å²) >= 11 is 0. The van der Waals surface area contributed by atoms with E-state index in [4.69, 9.17) is 9.47 Å². The van der Waals surface area contributed by atoms with Gasteiger partial charge in [0.1, 0.15) is 12.4 Å². The Morgan fingerprint density at radius 3 is 2.68 bits per heavy atom. The van der Waals surface area contributed by atoms with Crippen LogP contribution in [0.3, 0.4) is 0 Å². The molecule has 11 nitrogen and oxygen atoms in total. The Hall–Kier alpha value is -3.83. The molecule has 3 aliphatic rings. The van der Waals surface area contributed by atoms with Crippen LogP contribution in [0.4, 0.5) is 10.6 Å². The zero-order valence-electron chi connectivity index (χ0n) is 20.2. The molecule has 0 radical (unpaired) electrons. The molecule has 192 valence electrons. The van der Waals surface area contributed by atoms with Gasteiger partial charge in [-0.3, -0.25) is 10.1 Å². The van der Waals surface area contributed by atoms with Gasteiger partial charge in [0.05, 0.1) is 24.4 Å². The number of carboxylic acids is 1. The molecule has 3 fully saturated rings. The number of imidazole rings is 1. The van der Waals surface area contributed by atoms with Gasteiger partial charge in [-0.25, -0.2) is 19.7 Å². The number of ether oxygens (including phenoxy) is 2. The number of rotatable bonds is 7. The summed E-state index contributed by atoms with van der Waals surface area (Å²) in [6.45, 7) is 2.31. The van der Waals surface area contributed by atoms with Gasteiger partial charge in [0.25, 0.3) is 0 Å². The number of benzene rings is 1. The lowest BCUT2D eigenvalue weighted by atomic mass is 9.97. The van der Waals surface area contributed by atoms with Crippen molar-refractivity contribution in [3.8, 4) is 0 Å². The highest BCUT2D eigenvalue weighted by Crippen LogP contribution is 2.56. The Bertz CT molecular complexity index is 1340. The molecule has 11 heteroatoms. The number of amides is 2. The predicted molar refractivity (Wildman–Crippen MR) is 133 cm³/mol. The fourth-order valence-electron chi connectivity index (χ4n) is 5.70. The lowest BCUT2D eigenvalue weighted by Crippen LogP contribution is -2.29. The second kappa shape index (κ2) is 9.56. The van der Waals surface area contributed by atoms with Crippen molar-refractivity contribution in [2.75, 3.05) is 11.9 Å². The van der Waals surface area contributed by atoms with E-state index in [-0.39, 0.29) is 42.0 Å². The molecule has 2 aliphatic carbocycles. The van der Waals surface area contributed by atoms with E-state index in [9.17, 15) is 14.7 Å². The number of aromatic nitrogens is 4. The van der Waals surface area contributed by atoms with Crippen LogP contribution in [-0.2, 0) is 14.3 Å². The first-order valence-corrected chi connectivity index (χ1v) is 12.5. The van der Waals surface area contributed by atoms with Gasteiger partial charge in [0, 0.05) is 6.54 Å². The molecule has 3 heterocycles. The number of carbonyl (C=O) groups is 2. The van der Waals surface area contributed by atoms with Gasteiger partial charge in [0.2, 0.25) is 0 Å². The number of anilines is 1. The third-order valence-electron chi connectivity index (χ3n) is 7.46. The normalized spacial score (nSPS) is 30.5. The molecule has 1 aromatic carbocycles. The van der Waals surface area contributed by atoms with Gasteiger partial charge in [-0.05, 0) is 43.2 Å². The molecule has 6 unspecified atom stereocenters. The minimum Gasteiger partial charge on any atom is -0.481 e. The number of hydrogen-bond donors (Lipinski definition) is 3. The first-order chi connectivity index (χ1) is 18.0. The van der Waals surface area contributed by atoms with Crippen LogP contribution in [0.5, 0.6) is 0 Å². The minimum absolute atomic E-state index is 0.0402. The highest BCUT2D eigenvalue weighted by Gasteiger charge is 2.60. The van der Waals surface area contributed by atoms with Crippen molar-refractivity contribution >= 4 is 35.1 Å². The Kier molecular flexibility index (Phi) is 6.09. The number of fused-ring (bicyclic) bond motifs is 2. The van der Waals surface area contributed by atoms with Gasteiger partial charge in [-0.1, -0.05) is 36.4 Å². The topological polar surface area (TPSA) is 140 Å². The lowest BCUT2D eigenvalue weighted by molar-refractivity contribution is -0.139. The number of nitrogens with one attached hydrogen (secondary N) is 2. The highest BCUT2D eigenvalue weighted by molar-refractivity contribution is 5.95. The van der Waals surface area contributed by atoms with E-state index in [0.717, 1.165) is 5.56 Å². The van der Waals surface area contributed by atoms with E-state index in [2.05, 4.69) is 25.6 Å². The molecule has 1 aliphatic heterocycles. The van der Waals surface area contributed by atoms with Crippen LogP contribution in [0.15, 0.2) is 49.1 Å². The lowest BCUT2D eigenvalue weighted by Gasteiger charge is -2.19. The summed E-state index contributed by atoms with van der Waals surface area (Å²) < 4.78 is 14.7. The number of nitrogens with zero attached hydrogens (tertiary/aromatic N) is 4. The molecule has 0 bridgehead atoms. The van der Waals surface area contributed by atoms with E-state index in [1.54, 1.807) is 6.33 Å². The zero-order chi connectivity index (χ0) is 25.5. The monoisotopic (exact) mass is 504 g/mol. The molecular formula is C26H28N6O5. The molecule has 2 aromatic heterocycles. The molecule has 6 rings (SSSR count). The van der Waals surface area contributed by atoms with Gasteiger partial charge in [0.15, 0.2) is 23.3 Å². The summed E-state index contributed by atoms with van der Waals surface area (Å²) in [6, 6.07) is 9.38. The Morgan fingerprint density at radius 1 is 1.11 bits per heavy atom. The zero-order valence-corrected chi connectivity index (χ0v) is 20.2. The van der Waals surface area contributed by atoms with Crippen LogP contribution in [0.1, 0.15) is 31.4 Å². The Balaban J connectivity index is 1.29. The van der Waals surface area contributed by atoms with Gasteiger partial charge >= 0.3 is 12.0 Å². The van der Waals surface area contributed by atoms with E-state index in [0.29, 0.717) is 36.4 Å². The van der Waals surface area contributed by atoms with Gasteiger partial charge in [-0.2, -0.15) is 0 Å². The van der Waals surface area contributed by atoms with Crippen LogP contribution in [0.25, 0.3) is 17.2 Å². The van der Waals surface area contributed by atoms with E-state index >= 15 is 0 Å². The molecule has 2 amide bonds. The van der Waals surface area contributed by atoms with Crippen LogP contribution < -0.4 is 10.6 Å². The summed E-state index contributed by atoms with van der Waals surface area (Å²) in [5.41, 5.74) is 2.09. The summed E-state index contributed by atoms with van der Waals surface area (Å²) in [6.07, 6.45) is 7.20. The molecule has 37 heavy (non-hydrogen) atoms. The summed E-state index contributed by atoms with van der Waals surface area (Å²) in [4.78, 5) is 36.9. The fourth-order valence-corrected chi connectivity index (χ4v) is 5.70. The van der Waals surface area contributed by atoms with Crippen LogP contribution in [0.2, 0.25) is 0 Å². The van der Waals surface area contributed by atoms with E-state index < -0.39 is 12.3 Å². The number of carboxylic acid groups (broad SMARTS) is 1. The molecule has 3 N–H and O–H groups in total. The molecule has 0 spiro atoms. The maximum atomic E-state index is 12.1. The highest BCUT2D eigenvalue weighted by atomic mass is 16.7. The first kappa shape index (κ1) is 23.6. The standard InChI is InChI=1S/C26H28N6O5/c1-2-27-26(35)31-23-20-24(29-12-28-23)32(13-30-20)18-11-16(15-10-17(15)25(33)34)21-22(18)37-19(36-21)9-8-14-6-4-3-5-7-14/h3-9,12-13,15-19,21-22H,2,10-11H2,1H3,(H,33,34)(H2,27,28,29,31,35)/t15?,16?,17?,18?,19-,21?,22?/m0/s1. The summed E-state index contributed by atoms with van der Waals surface area (Å²) in [5.74, 6) is -0.692. The number of hydrogen-bond acceptors (Lipinski definition) is 7. The molecule has 1 saturated heterocycles. The second-order valence-electron chi connectivity index (χ2n) is 9.68. The quantitative estimate of drug-likeness (QED) is 0.446. The van der Waals surface area contributed by atoms with Crippen molar-refractivity contribution in [3.05, 3.63) is 54.6 Å². The van der Waals surface area contributed by atoms with Crippen LogP contribution in [0, 0.1) is 17.8 Å². The smallest absolute Gasteiger partial charge is 0.320 e. The van der Waals surface area contributed by atoms with Crippen molar-refractivity contribution in [3.63, 3.8) is 0 Å². The van der Waals surface area contributed by atoms with Crippen LogP contribution >= 0.6 is 0 Å². The number of aliphatic carboxylic acids is 1. The third-order valence-corrected chi connectivity index (χ3v) is 7.46. The van der Waals surface area contributed by atoms with Crippen molar-refractivity contribution < 1.29 is 24.2 Å². The maximum absolute atomic E-state index is 12.1. The SMILES string of the molecule is CCNC(=O)Nc1ncnc2c1ncn2C1CC(C2CC2C(=O)O)C2O[C@H](C=Cc3ccccc3)OC21. The average Bonchev–Trinajstić information content (AvgIpc) is 3.22. The summed E-state index contributed by atoms with van der Waals surface area (Å²) in [5, 5.41) is 15.0. The predicted octanol–water partition coefficient (Wildman–Crippen LogP) is 3.07. The van der Waals surface area contributed by atoms with E-state index in [1.807, 2.05) is 54.0 Å². The Morgan fingerprint density at radius 2 is 1.92 bits per heavy atom. The minimum atomic E-state index is -0.758. The van der Waals surface area contributed by atoms with Crippen molar-refractivity contribution in [2.24, 2.45) is 17.8 Å². The maximum Gasteiger partial charge on any atom is 0.320 e. The third kappa shape index (κ3) is 4.44. The van der Waals surface area contributed by atoms with Crippen LogP contribution in [-0.4, -0.2) is 61.7 Å². The molecule has 2 saturated carbocycles. The van der Waals surface area contributed by atoms with Gasteiger partial charge < -0.3 is 24.5 Å². The largest absolute Gasteiger partial charge is 0.481 e. The Labute approximate surface area is 212 Å². The molecule has 3 aromatic rings. The van der Waals surface area contributed by atoms with Crippen molar-refractivity contribution in [1.29, 1.82) is 0 Å². The molecular weight excluding hydrogens is 476 g/mol. The summed E-state index contributed by atoms with van der Waals surface area (Å²) in [7, 11) is 0. The number of carbonyl (C=O) groups excluding carboxylic acids is 1. The van der Waals surface area contributed by atoms with Crippen molar-refractivity contribution in [1.82, 2.24) is 24.8 Å². The number of urea groups is 1. The molecule has 7 atom stereocenters. The van der Waals surface area contributed by atoms with Crippen molar-refractivity contribution in [2.45, 2.75) is 44.3 Å². The second-order valence-corrected chi connectivity index (χ2v) is 9.68. The van der Waals surface area contributed by atoms with Gasteiger partial charge in [-0.15, -0.1) is 0 Å².